The molecule has 0 aromatic carbocycles. The van der Waals surface area contributed by atoms with Crippen molar-refractivity contribution in [1.82, 2.24) is 10.3 Å². The van der Waals surface area contributed by atoms with Crippen molar-refractivity contribution in [3.63, 3.8) is 0 Å². The van der Waals surface area contributed by atoms with Gasteiger partial charge in [0.15, 0.2) is 0 Å². The fourth-order valence-corrected chi connectivity index (χ4v) is 1.76. The maximum Gasteiger partial charge on any atom is 0.241 e. The minimum Gasteiger partial charge on any atom is -0.368 e. The summed E-state index contributed by atoms with van der Waals surface area (Å²) in [5, 5.41) is 5.71. The summed E-state index contributed by atoms with van der Waals surface area (Å²) in [5.41, 5.74) is 5.30. The summed E-state index contributed by atoms with van der Waals surface area (Å²) in [5.74, 6) is -0.375. The van der Waals surface area contributed by atoms with Crippen LogP contribution in [0.2, 0.25) is 0 Å². The topological polar surface area (TPSA) is 68.0 Å². The van der Waals surface area contributed by atoms with E-state index in [0.717, 1.165) is 11.4 Å². The first-order chi connectivity index (χ1) is 6.65. The summed E-state index contributed by atoms with van der Waals surface area (Å²) in [6.45, 7) is 4.07. The van der Waals surface area contributed by atoms with E-state index in [1.54, 1.807) is 6.20 Å². The van der Waals surface area contributed by atoms with Gasteiger partial charge in [-0.05, 0) is 13.3 Å². The van der Waals surface area contributed by atoms with E-state index < -0.39 is 6.04 Å². The molecule has 0 bridgehead atoms. The minimum atomic E-state index is -0.454. The zero-order valence-electron chi connectivity index (χ0n) is 8.36. The number of aromatic nitrogens is 1. The number of rotatable bonds is 5. The highest BCUT2D eigenvalue weighted by Crippen LogP contribution is 2.16. The van der Waals surface area contributed by atoms with Crippen molar-refractivity contribution in [2.45, 2.75) is 32.4 Å². The molecule has 5 heteroatoms. The number of nitrogens with zero attached hydrogens (tertiary/aromatic N) is 1. The average Bonchev–Trinajstić information content (AvgIpc) is 2.65. The second-order valence-electron chi connectivity index (χ2n) is 3.18. The molecule has 0 spiro atoms. The normalized spacial score (nSPS) is 15.0. The number of carbonyl (C=O) groups excluding carboxylic acids is 1. The summed E-state index contributed by atoms with van der Waals surface area (Å²) < 4.78 is 0. The van der Waals surface area contributed by atoms with Crippen molar-refractivity contribution in [3.05, 3.63) is 16.6 Å². The molecule has 1 aromatic rings. The van der Waals surface area contributed by atoms with Crippen LogP contribution in [0.15, 0.2) is 11.6 Å². The van der Waals surface area contributed by atoms with E-state index in [2.05, 4.69) is 17.2 Å². The summed E-state index contributed by atoms with van der Waals surface area (Å²) in [6.07, 6.45) is 2.63. The lowest BCUT2D eigenvalue weighted by molar-refractivity contribution is -0.120. The van der Waals surface area contributed by atoms with Crippen LogP contribution in [0.1, 0.15) is 31.3 Å². The van der Waals surface area contributed by atoms with Gasteiger partial charge in [0, 0.05) is 17.6 Å². The summed E-state index contributed by atoms with van der Waals surface area (Å²) in [6, 6.07) is -0.193. The molecule has 1 rings (SSSR count). The molecule has 0 aliphatic rings. The third-order valence-corrected chi connectivity index (χ3v) is 2.89. The number of nitrogens with two attached hydrogens (primary N) is 1. The second-order valence-corrected chi connectivity index (χ2v) is 4.11. The van der Waals surface area contributed by atoms with Crippen LogP contribution in [-0.2, 0) is 4.79 Å². The van der Waals surface area contributed by atoms with Gasteiger partial charge in [-0.15, -0.1) is 11.3 Å². The fraction of sp³-hybridized carbons (Fsp3) is 0.556. The number of carbonyl (C=O) groups is 1. The number of hydrogen-bond donors (Lipinski definition) is 2. The Morgan fingerprint density at radius 2 is 2.50 bits per heavy atom. The Labute approximate surface area is 87.5 Å². The van der Waals surface area contributed by atoms with Crippen molar-refractivity contribution in [1.29, 1.82) is 0 Å². The minimum absolute atomic E-state index is 0.261. The molecule has 14 heavy (non-hydrogen) atoms. The van der Waals surface area contributed by atoms with Crippen LogP contribution in [0.5, 0.6) is 0 Å². The van der Waals surface area contributed by atoms with Crippen LogP contribution in [0, 0.1) is 0 Å². The first-order valence-corrected chi connectivity index (χ1v) is 5.47. The standard InChI is InChI=1S/C9H15N3OS/c1-3-6(2)12-7(8(10)13)9-11-4-5-14-9/h4-7,12H,3H2,1-2H3,(H2,10,13). The smallest absolute Gasteiger partial charge is 0.241 e. The van der Waals surface area contributed by atoms with Crippen molar-refractivity contribution in [2.24, 2.45) is 5.73 Å². The number of nitrogens with one attached hydrogen (secondary N) is 1. The third kappa shape index (κ3) is 2.78. The van der Waals surface area contributed by atoms with Gasteiger partial charge in [-0.3, -0.25) is 10.1 Å². The Kier molecular flexibility index (Phi) is 4.03. The number of primary amides is 1. The predicted molar refractivity (Wildman–Crippen MR) is 56.9 cm³/mol. The maximum absolute atomic E-state index is 11.2. The Morgan fingerprint density at radius 1 is 1.79 bits per heavy atom. The van der Waals surface area contributed by atoms with Gasteiger partial charge in [0.2, 0.25) is 5.91 Å². The summed E-state index contributed by atoms with van der Waals surface area (Å²) in [4.78, 5) is 15.3. The van der Waals surface area contributed by atoms with E-state index in [1.807, 2.05) is 12.3 Å². The van der Waals surface area contributed by atoms with Crippen LogP contribution in [0.4, 0.5) is 0 Å². The Balaban J connectivity index is 2.71. The van der Waals surface area contributed by atoms with E-state index in [0.29, 0.717) is 0 Å². The highest BCUT2D eigenvalue weighted by molar-refractivity contribution is 7.09. The first-order valence-electron chi connectivity index (χ1n) is 4.60. The van der Waals surface area contributed by atoms with Gasteiger partial charge in [-0.25, -0.2) is 4.98 Å². The molecule has 1 heterocycles. The molecule has 1 amide bonds. The molecule has 0 fully saturated rings. The van der Waals surface area contributed by atoms with E-state index in [-0.39, 0.29) is 11.9 Å². The SMILES string of the molecule is CCC(C)NC(C(N)=O)c1nccs1. The molecule has 4 nitrogen and oxygen atoms in total. The first kappa shape index (κ1) is 11.1. The molecule has 2 atom stereocenters. The Morgan fingerprint density at radius 3 is 2.93 bits per heavy atom. The van der Waals surface area contributed by atoms with E-state index >= 15 is 0 Å². The quantitative estimate of drug-likeness (QED) is 0.768. The molecule has 2 unspecified atom stereocenters. The van der Waals surface area contributed by atoms with Gasteiger partial charge in [-0.2, -0.15) is 0 Å². The zero-order valence-corrected chi connectivity index (χ0v) is 9.17. The Hall–Kier alpha value is -0.940. The van der Waals surface area contributed by atoms with Gasteiger partial charge < -0.3 is 5.73 Å². The van der Waals surface area contributed by atoms with Crippen LogP contribution in [-0.4, -0.2) is 16.9 Å². The largest absolute Gasteiger partial charge is 0.368 e. The molecular weight excluding hydrogens is 198 g/mol. The van der Waals surface area contributed by atoms with E-state index in [4.69, 9.17) is 5.73 Å². The highest BCUT2D eigenvalue weighted by Gasteiger charge is 2.21. The molecular formula is C9H15N3OS. The monoisotopic (exact) mass is 213 g/mol. The molecule has 0 aliphatic carbocycles. The molecule has 0 saturated heterocycles. The van der Waals surface area contributed by atoms with Crippen molar-refractivity contribution in [3.8, 4) is 0 Å². The zero-order chi connectivity index (χ0) is 10.6. The fourth-order valence-electron chi connectivity index (χ4n) is 1.05. The molecule has 78 valence electrons. The lowest BCUT2D eigenvalue weighted by Crippen LogP contribution is -2.38. The summed E-state index contributed by atoms with van der Waals surface area (Å²) >= 11 is 1.44. The summed E-state index contributed by atoms with van der Waals surface area (Å²) in [7, 11) is 0. The third-order valence-electron chi connectivity index (χ3n) is 2.05. The Bertz CT molecular complexity index is 286. The van der Waals surface area contributed by atoms with Crippen molar-refractivity contribution in [2.75, 3.05) is 0 Å². The van der Waals surface area contributed by atoms with Crippen LogP contribution in [0.25, 0.3) is 0 Å². The number of thiazole rings is 1. The van der Waals surface area contributed by atoms with Gasteiger partial charge in [0.05, 0.1) is 0 Å². The second kappa shape index (κ2) is 5.07. The van der Waals surface area contributed by atoms with Crippen LogP contribution < -0.4 is 11.1 Å². The molecule has 3 N–H and O–H groups in total. The van der Waals surface area contributed by atoms with Crippen LogP contribution >= 0.6 is 11.3 Å². The lowest BCUT2D eigenvalue weighted by atomic mass is 10.2. The molecule has 0 saturated carbocycles. The predicted octanol–water partition coefficient (Wildman–Crippen LogP) is 1.06. The lowest BCUT2D eigenvalue weighted by Gasteiger charge is -2.17. The molecule has 0 aliphatic heterocycles. The van der Waals surface area contributed by atoms with Gasteiger partial charge in [-0.1, -0.05) is 6.92 Å². The van der Waals surface area contributed by atoms with Gasteiger partial charge in [0.25, 0.3) is 0 Å². The maximum atomic E-state index is 11.2. The van der Waals surface area contributed by atoms with Crippen molar-refractivity contribution >= 4 is 17.2 Å². The van der Waals surface area contributed by atoms with Gasteiger partial charge in [0.1, 0.15) is 11.0 Å². The van der Waals surface area contributed by atoms with Gasteiger partial charge >= 0.3 is 0 Å². The highest BCUT2D eigenvalue weighted by atomic mass is 32.1. The number of amides is 1. The number of hydrogen-bond acceptors (Lipinski definition) is 4. The van der Waals surface area contributed by atoms with Crippen LogP contribution in [0.3, 0.4) is 0 Å². The molecule has 1 aromatic heterocycles. The average molecular weight is 213 g/mol. The van der Waals surface area contributed by atoms with E-state index in [1.165, 1.54) is 11.3 Å². The molecule has 0 radical (unpaired) electrons. The van der Waals surface area contributed by atoms with Crippen molar-refractivity contribution < 1.29 is 4.79 Å². The van der Waals surface area contributed by atoms with E-state index in [9.17, 15) is 4.79 Å².